The van der Waals surface area contributed by atoms with Crippen molar-refractivity contribution in [1.82, 2.24) is 4.90 Å². The number of hydrogen-bond donors (Lipinski definition) is 0. The molecule has 1 amide bonds. The maximum Gasteiger partial charge on any atom is 0.337 e. The lowest BCUT2D eigenvalue weighted by Gasteiger charge is -2.32. The van der Waals surface area contributed by atoms with Crippen molar-refractivity contribution < 1.29 is 19.1 Å². The molecular formula is C19H27NO4S. The van der Waals surface area contributed by atoms with Gasteiger partial charge >= 0.3 is 5.97 Å². The molecule has 0 spiro atoms. The Kier molecular flexibility index (Phi) is 6.76. The minimum atomic E-state index is -0.381. The first-order valence-electron chi connectivity index (χ1n) is 8.74. The number of carbonyl (C=O) groups excluding carboxylic acids is 2. The third-order valence-corrected chi connectivity index (χ3v) is 5.08. The highest BCUT2D eigenvalue weighted by atomic mass is 32.1. The zero-order valence-electron chi connectivity index (χ0n) is 14.9. The van der Waals surface area contributed by atoms with Gasteiger partial charge in [-0.2, -0.15) is 13.5 Å². The van der Waals surface area contributed by atoms with Crippen molar-refractivity contribution in [1.29, 1.82) is 0 Å². The minimum Gasteiger partial charge on any atom is -0.491 e. The van der Waals surface area contributed by atoms with Gasteiger partial charge in [0.25, 0.3) is 0 Å². The average molecular weight is 365 g/mol. The van der Waals surface area contributed by atoms with Crippen molar-refractivity contribution in [2.45, 2.75) is 51.6 Å². The summed E-state index contributed by atoms with van der Waals surface area (Å²) in [5.74, 6) is 0.685. The van der Waals surface area contributed by atoms with Gasteiger partial charge < -0.3 is 14.4 Å². The number of hydrogen-bond acceptors (Lipinski definition) is 4. The average Bonchev–Trinajstić information content (AvgIpc) is 2.80. The van der Waals surface area contributed by atoms with Gasteiger partial charge in [-0.3, -0.25) is 4.79 Å². The zero-order chi connectivity index (χ0) is 17.1. The van der Waals surface area contributed by atoms with E-state index < -0.39 is 0 Å². The van der Waals surface area contributed by atoms with Crippen molar-refractivity contribution in [3.8, 4) is 5.75 Å². The van der Waals surface area contributed by atoms with Gasteiger partial charge in [0.05, 0.1) is 18.7 Å². The molecule has 138 valence electrons. The molecule has 0 saturated heterocycles. The normalized spacial score (nSPS) is 20.6. The molecule has 0 radical (unpaired) electrons. The largest absolute Gasteiger partial charge is 0.491 e. The van der Waals surface area contributed by atoms with Gasteiger partial charge in [0.1, 0.15) is 12.4 Å². The van der Waals surface area contributed by atoms with Crippen LogP contribution in [0.4, 0.5) is 0 Å². The molecule has 3 rings (SSSR count). The van der Waals surface area contributed by atoms with E-state index >= 15 is 0 Å². The van der Waals surface area contributed by atoms with Crippen molar-refractivity contribution in [2.24, 2.45) is 5.92 Å². The molecule has 1 fully saturated rings. The quantitative estimate of drug-likeness (QED) is 0.755. The molecule has 1 aromatic rings. The van der Waals surface area contributed by atoms with E-state index in [0.717, 1.165) is 31.2 Å². The summed E-state index contributed by atoms with van der Waals surface area (Å²) in [6, 6.07) is 5.32. The zero-order valence-corrected chi connectivity index (χ0v) is 15.9. The lowest BCUT2D eigenvalue weighted by Crippen LogP contribution is -2.43. The Morgan fingerprint density at radius 3 is 2.60 bits per heavy atom. The maximum atomic E-state index is 12.9. The highest BCUT2D eigenvalue weighted by Crippen LogP contribution is 2.31. The molecule has 6 heteroatoms. The third kappa shape index (κ3) is 4.29. The second-order valence-corrected chi connectivity index (χ2v) is 6.78. The third-order valence-electron chi connectivity index (χ3n) is 5.08. The van der Waals surface area contributed by atoms with Crippen LogP contribution in [0.1, 0.15) is 54.9 Å². The molecular weight excluding hydrogens is 338 g/mol. The van der Waals surface area contributed by atoms with Crippen molar-refractivity contribution in [3.05, 3.63) is 29.3 Å². The Balaban J connectivity index is 0.00000225. The van der Waals surface area contributed by atoms with Crippen LogP contribution in [0.25, 0.3) is 0 Å². The Labute approximate surface area is 156 Å². The molecule has 0 aromatic heterocycles. The molecule has 1 heterocycles. The molecule has 1 atom stereocenters. The standard InChI is InChI=1S/C19H25NO4.H2S/c1-13-12-24-17-10-15(19(22)23-2)8-9-16(17)11-20(13)18(21)14-6-4-3-5-7-14;/h8-10,13-14H,3-7,11-12H2,1-2H3;1H2/t13-;/m0./s1. The molecule has 25 heavy (non-hydrogen) atoms. The Bertz CT molecular complexity index is 628. The Hall–Kier alpha value is -1.69. The fourth-order valence-electron chi connectivity index (χ4n) is 3.58. The number of nitrogens with zero attached hydrogens (tertiary/aromatic N) is 1. The van der Waals surface area contributed by atoms with E-state index in [0.29, 0.717) is 24.5 Å². The van der Waals surface area contributed by atoms with Crippen LogP contribution in [0.2, 0.25) is 0 Å². The molecule has 1 saturated carbocycles. The first kappa shape index (κ1) is 19.6. The molecule has 0 unspecified atom stereocenters. The summed E-state index contributed by atoms with van der Waals surface area (Å²) in [6.45, 7) is 3.00. The Morgan fingerprint density at radius 2 is 1.92 bits per heavy atom. The lowest BCUT2D eigenvalue weighted by molar-refractivity contribution is -0.139. The van der Waals surface area contributed by atoms with Gasteiger partial charge in [0, 0.05) is 18.0 Å². The molecule has 0 bridgehead atoms. The van der Waals surface area contributed by atoms with Crippen LogP contribution in [-0.2, 0) is 16.1 Å². The van der Waals surface area contributed by atoms with Crippen LogP contribution in [0.15, 0.2) is 18.2 Å². The smallest absolute Gasteiger partial charge is 0.337 e. The summed E-state index contributed by atoms with van der Waals surface area (Å²) in [6.07, 6.45) is 5.53. The number of fused-ring (bicyclic) bond motifs is 1. The summed E-state index contributed by atoms with van der Waals surface area (Å²) >= 11 is 0. The number of rotatable bonds is 2. The molecule has 1 aliphatic carbocycles. The topological polar surface area (TPSA) is 55.8 Å². The lowest BCUT2D eigenvalue weighted by atomic mass is 9.88. The summed E-state index contributed by atoms with van der Waals surface area (Å²) in [7, 11) is 1.36. The van der Waals surface area contributed by atoms with Gasteiger partial charge in [-0.25, -0.2) is 4.79 Å². The van der Waals surface area contributed by atoms with E-state index in [9.17, 15) is 9.59 Å². The van der Waals surface area contributed by atoms with Crippen molar-refractivity contribution in [3.63, 3.8) is 0 Å². The molecule has 1 aliphatic heterocycles. The van der Waals surface area contributed by atoms with Crippen LogP contribution < -0.4 is 4.74 Å². The van der Waals surface area contributed by atoms with Crippen LogP contribution >= 0.6 is 13.5 Å². The molecule has 5 nitrogen and oxygen atoms in total. The summed E-state index contributed by atoms with van der Waals surface area (Å²) < 4.78 is 10.6. The summed E-state index contributed by atoms with van der Waals surface area (Å²) in [5, 5.41) is 0. The number of benzene rings is 1. The number of methoxy groups -OCH3 is 1. The van der Waals surface area contributed by atoms with Gasteiger partial charge in [0.15, 0.2) is 0 Å². The summed E-state index contributed by atoms with van der Waals surface area (Å²) in [4.78, 5) is 26.6. The predicted molar refractivity (Wildman–Crippen MR) is 100 cm³/mol. The number of carbonyl (C=O) groups is 2. The molecule has 1 aromatic carbocycles. The van der Waals surface area contributed by atoms with Crippen molar-refractivity contribution >= 4 is 25.4 Å². The first-order valence-corrected chi connectivity index (χ1v) is 8.74. The second kappa shape index (κ2) is 8.61. The number of amides is 1. The first-order chi connectivity index (χ1) is 11.6. The fraction of sp³-hybridized carbons (Fsp3) is 0.579. The van der Waals surface area contributed by atoms with E-state index in [1.165, 1.54) is 13.5 Å². The highest BCUT2D eigenvalue weighted by molar-refractivity contribution is 7.59. The van der Waals surface area contributed by atoms with E-state index in [2.05, 4.69) is 0 Å². The number of ether oxygens (including phenoxy) is 2. The van der Waals surface area contributed by atoms with Gasteiger partial charge in [-0.05, 0) is 31.9 Å². The van der Waals surface area contributed by atoms with Crippen LogP contribution in [-0.4, -0.2) is 36.5 Å². The van der Waals surface area contributed by atoms with Crippen LogP contribution in [0.3, 0.4) is 0 Å². The van der Waals surface area contributed by atoms with E-state index in [1.54, 1.807) is 12.1 Å². The van der Waals surface area contributed by atoms with E-state index in [1.807, 2.05) is 17.9 Å². The van der Waals surface area contributed by atoms with E-state index in [4.69, 9.17) is 9.47 Å². The Morgan fingerprint density at radius 1 is 1.20 bits per heavy atom. The maximum absolute atomic E-state index is 12.9. The van der Waals surface area contributed by atoms with Gasteiger partial charge in [0.2, 0.25) is 5.91 Å². The number of esters is 1. The van der Waals surface area contributed by atoms with E-state index in [-0.39, 0.29) is 37.3 Å². The molecule has 2 aliphatic rings. The van der Waals surface area contributed by atoms with Crippen LogP contribution in [0.5, 0.6) is 5.75 Å². The van der Waals surface area contributed by atoms with Crippen LogP contribution in [0, 0.1) is 5.92 Å². The monoisotopic (exact) mass is 365 g/mol. The minimum absolute atomic E-state index is 0. The van der Waals surface area contributed by atoms with Gasteiger partial charge in [-0.15, -0.1) is 0 Å². The van der Waals surface area contributed by atoms with Crippen molar-refractivity contribution in [2.75, 3.05) is 13.7 Å². The second-order valence-electron chi connectivity index (χ2n) is 6.78. The summed E-state index contributed by atoms with van der Waals surface area (Å²) in [5.41, 5.74) is 1.41. The predicted octanol–water partition coefficient (Wildman–Crippen LogP) is 3.28. The SMILES string of the molecule is COC(=O)c1ccc2c(c1)OC[C@H](C)N(C(=O)C1CCCCC1)C2.S. The highest BCUT2D eigenvalue weighted by Gasteiger charge is 2.31. The fourth-order valence-corrected chi connectivity index (χ4v) is 3.58. The molecule has 0 N–H and O–H groups in total. The van der Waals surface area contributed by atoms with Gasteiger partial charge in [-0.1, -0.05) is 25.3 Å².